The third-order valence-corrected chi connectivity index (χ3v) is 6.06. The van der Waals surface area contributed by atoms with Crippen molar-refractivity contribution in [2.45, 2.75) is 50.9 Å². The average molecular weight is 510 g/mol. The van der Waals surface area contributed by atoms with E-state index in [1.165, 1.54) is 6.07 Å². The summed E-state index contributed by atoms with van der Waals surface area (Å²) in [4.78, 5) is 23.4. The molecule has 2 aliphatic rings. The molecule has 2 fully saturated rings. The normalized spacial score (nSPS) is 20.5. The van der Waals surface area contributed by atoms with Crippen molar-refractivity contribution in [1.82, 2.24) is 15.3 Å². The lowest BCUT2D eigenvalue weighted by Gasteiger charge is -2.30. The van der Waals surface area contributed by atoms with Crippen molar-refractivity contribution < 1.29 is 32.2 Å². The van der Waals surface area contributed by atoms with Gasteiger partial charge in [-0.1, -0.05) is 0 Å². The van der Waals surface area contributed by atoms with Crippen LogP contribution >= 0.6 is 0 Å². The molecule has 0 spiro atoms. The third kappa shape index (κ3) is 6.90. The monoisotopic (exact) mass is 509 g/mol. The van der Waals surface area contributed by atoms with E-state index in [-0.39, 0.29) is 30.2 Å². The largest absolute Gasteiger partial charge is 0.492 e. The van der Waals surface area contributed by atoms with Gasteiger partial charge < -0.3 is 29.7 Å². The van der Waals surface area contributed by atoms with Crippen LogP contribution in [0.5, 0.6) is 11.6 Å². The Morgan fingerprint density at radius 1 is 1.17 bits per heavy atom. The van der Waals surface area contributed by atoms with Crippen LogP contribution in [0, 0.1) is 0 Å². The number of anilines is 2. The van der Waals surface area contributed by atoms with Gasteiger partial charge in [0.2, 0.25) is 11.8 Å². The van der Waals surface area contributed by atoms with Crippen LogP contribution < -0.4 is 25.0 Å². The van der Waals surface area contributed by atoms with E-state index in [0.29, 0.717) is 50.7 Å². The Hall–Kier alpha value is -3.28. The van der Waals surface area contributed by atoms with Gasteiger partial charge in [0.25, 0.3) is 0 Å². The summed E-state index contributed by atoms with van der Waals surface area (Å²) in [6.07, 6.45) is -0.157. The minimum Gasteiger partial charge on any atom is -0.492 e. The molecule has 0 radical (unpaired) electrons. The second-order valence-corrected chi connectivity index (χ2v) is 8.63. The fourth-order valence-electron chi connectivity index (χ4n) is 4.24. The van der Waals surface area contributed by atoms with Crippen molar-refractivity contribution >= 4 is 17.7 Å². The Balaban J connectivity index is 1.28. The van der Waals surface area contributed by atoms with Gasteiger partial charge in [-0.2, -0.15) is 18.2 Å². The highest BCUT2D eigenvalue weighted by molar-refractivity contribution is 5.91. The first-order chi connectivity index (χ1) is 17.3. The van der Waals surface area contributed by atoms with E-state index in [4.69, 9.17) is 14.2 Å². The minimum absolute atomic E-state index is 0.0268. The van der Waals surface area contributed by atoms with E-state index in [0.717, 1.165) is 25.2 Å². The summed E-state index contributed by atoms with van der Waals surface area (Å²) in [5.41, 5.74) is -0.888. The molecule has 1 aliphatic heterocycles. The van der Waals surface area contributed by atoms with Gasteiger partial charge in [-0.25, -0.2) is 9.78 Å². The molecule has 1 saturated heterocycles. The number of amides is 2. The number of halogens is 3. The lowest BCUT2D eigenvalue weighted by Crippen LogP contribution is -2.42. The molecular weight excluding hydrogens is 479 g/mol. The molecule has 36 heavy (non-hydrogen) atoms. The van der Waals surface area contributed by atoms with Crippen LogP contribution in [-0.2, 0) is 10.9 Å². The van der Waals surface area contributed by atoms with Crippen molar-refractivity contribution in [3.63, 3.8) is 0 Å². The molecule has 1 aliphatic carbocycles. The zero-order valence-corrected chi connectivity index (χ0v) is 20.0. The maximum absolute atomic E-state index is 13.1. The van der Waals surface area contributed by atoms with Crippen molar-refractivity contribution in [2.75, 3.05) is 43.1 Å². The number of rotatable bonds is 7. The quantitative estimate of drug-likeness (QED) is 0.576. The van der Waals surface area contributed by atoms with Gasteiger partial charge >= 0.3 is 12.2 Å². The number of hydrogen-bond acceptors (Lipinski definition) is 7. The highest BCUT2D eigenvalue weighted by Crippen LogP contribution is 2.35. The Morgan fingerprint density at radius 2 is 1.92 bits per heavy atom. The summed E-state index contributed by atoms with van der Waals surface area (Å²) < 4.78 is 56.1. The molecule has 2 heterocycles. The topological polar surface area (TPSA) is 97.8 Å². The summed E-state index contributed by atoms with van der Waals surface area (Å²) in [5, 5.41) is 5.35. The van der Waals surface area contributed by atoms with Gasteiger partial charge in [0.1, 0.15) is 11.9 Å². The zero-order chi connectivity index (χ0) is 25.5. The number of alkyl halides is 3. The molecule has 1 saturated carbocycles. The molecule has 0 unspecified atom stereocenters. The average Bonchev–Trinajstić information content (AvgIpc) is 2.86. The third-order valence-electron chi connectivity index (χ3n) is 6.06. The Kier molecular flexibility index (Phi) is 8.34. The van der Waals surface area contributed by atoms with E-state index in [2.05, 4.69) is 25.5 Å². The standard InChI is InChI=1S/C24H30F3N5O4/c1-2-35-20-8-3-16(24(25,26)27)15-19(20)30-23(33)29-17-4-6-18(7-5-17)36-21-9-10-28-22(31-21)32-11-13-34-14-12-32/h3,8-10,15,17-18H,2,4-7,11-14H2,1H3,(H2,29,30,33)/t17-,18-. The number of nitrogens with one attached hydrogen (secondary N) is 2. The van der Waals surface area contributed by atoms with Gasteiger partial charge in [0.05, 0.1) is 31.1 Å². The van der Waals surface area contributed by atoms with Crippen LogP contribution in [0.15, 0.2) is 30.5 Å². The molecule has 12 heteroatoms. The number of hydrogen-bond donors (Lipinski definition) is 2. The predicted octanol–water partition coefficient (Wildman–Crippen LogP) is 4.24. The Labute approximate surface area is 207 Å². The van der Waals surface area contributed by atoms with Gasteiger partial charge in [-0.3, -0.25) is 0 Å². The van der Waals surface area contributed by atoms with Crippen LogP contribution in [0.1, 0.15) is 38.2 Å². The molecule has 1 aromatic heterocycles. The summed E-state index contributed by atoms with van der Waals surface area (Å²) in [6.45, 7) is 4.71. The fourth-order valence-corrected chi connectivity index (χ4v) is 4.24. The van der Waals surface area contributed by atoms with Crippen LogP contribution in [0.3, 0.4) is 0 Å². The number of ether oxygens (including phenoxy) is 3. The molecule has 0 bridgehead atoms. The molecular formula is C24H30F3N5O4. The number of nitrogens with zero attached hydrogens (tertiary/aromatic N) is 3. The van der Waals surface area contributed by atoms with Crippen molar-refractivity contribution in [3.05, 3.63) is 36.0 Å². The molecule has 0 atom stereocenters. The van der Waals surface area contributed by atoms with E-state index < -0.39 is 17.8 Å². The molecule has 2 N–H and O–H groups in total. The zero-order valence-electron chi connectivity index (χ0n) is 20.0. The summed E-state index contributed by atoms with van der Waals surface area (Å²) in [5.74, 6) is 1.30. The number of benzene rings is 1. The molecule has 2 amide bonds. The number of aromatic nitrogens is 2. The number of carbonyl (C=O) groups excluding carboxylic acids is 1. The first-order valence-electron chi connectivity index (χ1n) is 12.1. The van der Waals surface area contributed by atoms with Crippen LogP contribution in [-0.4, -0.2) is 61.1 Å². The number of morpholine rings is 1. The maximum atomic E-state index is 13.1. The summed E-state index contributed by atoms with van der Waals surface area (Å²) in [6, 6.07) is 4.04. The fraction of sp³-hybridized carbons (Fsp3) is 0.542. The van der Waals surface area contributed by atoms with Gasteiger partial charge in [0.15, 0.2) is 0 Å². The predicted molar refractivity (Wildman–Crippen MR) is 127 cm³/mol. The van der Waals surface area contributed by atoms with Gasteiger partial charge in [-0.15, -0.1) is 0 Å². The summed E-state index contributed by atoms with van der Waals surface area (Å²) >= 11 is 0. The smallest absolute Gasteiger partial charge is 0.416 e. The molecule has 2 aromatic rings. The van der Waals surface area contributed by atoms with Crippen LogP contribution in [0.25, 0.3) is 0 Å². The molecule has 4 rings (SSSR count). The lowest BCUT2D eigenvalue weighted by molar-refractivity contribution is -0.137. The second-order valence-electron chi connectivity index (χ2n) is 8.63. The number of urea groups is 1. The summed E-state index contributed by atoms with van der Waals surface area (Å²) in [7, 11) is 0. The minimum atomic E-state index is -4.53. The van der Waals surface area contributed by atoms with Crippen molar-refractivity contribution in [1.29, 1.82) is 0 Å². The van der Waals surface area contributed by atoms with Gasteiger partial charge in [-0.05, 0) is 50.8 Å². The second kappa shape index (κ2) is 11.6. The van der Waals surface area contributed by atoms with Gasteiger partial charge in [0, 0.05) is 31.4 Å². The first kappa shape index (κ1) is 25.8. The lowest BCUT2D eigenvalue weighted by atomic mass is 9.93. The van der Waals surface area contributed by atoms with E-state index >= 15 is 0 Å². The first-order valence-corrected chi connectivity index (χ1v) is 12.1. The van der Waals surface area contributed by atoms with E-state index in [9.17, 15) is 18.0 Å². The van der Waals surface area contributed by atoms with E-state index in [1.807, 2.05) is 0 Å². The Morgan fingerprint density at radius 3 is 2.61 bits per heavy atom. The molecule has 1 aromatic carbocycles. The molecule has 9 nitrogen and oxygen atoms in total. The van der Waals surface area contributed by atoms with Crippen LogP contribution in [0.2, 0.25) is 0 Å². The van der Waals surface area contributed by atoms with Crippen molar-refractivity contribution in [2.24, 2.45) is 0 Å². The molecule has 196 valence electrons. The van der Waals surface area contributed by atoms with E-state index in [1.54, 1.807) is 19.2 Å². The Bertz CT molecular complexity index is 1030. The highest BCUT2D eigenvalue weighted by atomic mass is 19.4. The number of carbonyl (C=O) groups is 1. The maximum Gasteiger partial charge on any atom is 0.416 e. The highest BCUT2D eigenvalue weighted by Gasteiger charge is 2.32. The van der Waals surface area contributed by atoms with Crippen molar-refractivity contribution in [3.8, 4) is 11.6 Å². The SMILES string of the molecule is CCOc1ccc(C(F)(F)F)cc1NC(=O)N[C@H]1CC[C@H](Oc2ccnc(N3CCOCC3)n2)CC1. The van der Waals surface area contributed by atoms with Crippen LogP contribution in [0.4, 0.5) is 29.6 Å².